The van der Waals surface area contributed by atoms with Gasteiger partial charge >= 0.3 is 12.1 Å². The van der Waals surface area contributed by atoms with Crippen molar-refractivity contribution in [2.24, 2.45) is 5.92 Å². The number of hydrogen-bond donors (Lipinski definition) is 4. The maximum absolute atomic E-state index is 12.9. The zero-order valence-electron chi connectivity index (χ0n) is 19.5. The third-order valence-electron chi connectivity index (χ3n) is 6.30. The van der Waals surface area contributed by atoms with Crippen LogP contribution in [0.3, 0.4) is 0 Å². The quantitative estimate of drug-likeness (QED) is 0.438. The van der Waals surface area contributed by atoms with Crippen LogP contribution in [0.4, 0.5) is 4.79 Å². The van der Waals surface area contributed by atoms with E-state index in [1.165, 1.54) is 0 Å². The summed E-state index contributed by atoms with van der Waals surface area (Å²) in [7, 11) is 3.45. The molecule has 0 saturated carbocycles. The van der Waals surface area contributed by atoms with Crippen molar-refractivity contribution >= 4 is 23.9 Å². The molecule has 35 heavy (non-hydrogen) atoms. The second-order valence-corrected chi connectivity index (χ2v) is 8.96. The zero-order valence-corrected chi connectivity index (χ0v) is 19.5. The van der Waals surface area contributed by atoms with E-state index in [9.17, 15) is 24.3 Å². The molecule has 2 aliphatic rings. The first-order valence-corrected chi connectivity index (χ1v) is 11.3. The van der Waals surface area contributed by atoms with Crippen molar-refractivity contribution in [1.82, 2.24) is 20.9 Å². The molecule has 4 rings (SSSR count). The normalized spacial score (nSPS) is 19.5. The topological polar surface area (TPSA) is 137 Å². The standard InChI is InChI=1S/C25H28N4O6/c1-29(2)12-20(22(30)28-21-18(24(32)33)11-26-23(21)31)27-25(34)35-13-19-16-9-5-3-7-14(16)15-8-4-6-10-17(15)19/h3-10,18-21H,11-13H2,1-2H3,(H,26,31)(H,27,34)(H,28,30)(H,32,33). The van der Waals surface area contributed by atoms with Gasteiger partial charge in [0.2, 0.25) is 11.8 Å². The SMILES string of the molecule is CN(C)CC(NC(=O)OCC1c2ccccc2-c2ccccc21)C(=O)NC1C(=O)NCC1C(=O)O. The smallest absolute Gasteiger partial charge is 0.407 e. The minimum Gasteiger partial charge on any atom is -0.481 e. The van der Waals surface area contributed by atoms with Gasteiger partial charge in [-0.1, -0.05) is 48.5 Å². The number of fused-ring (bicyclic) bond motifs is 3. The van der Waals surface area contributed by atoms with Gasteiger partial charge < -0.3 is 30.7 Å². The number of likely N-dealkylation sites (N-methyl/N-ethyl adjacent to an activating group) is 1. The molecular weight excluding hydrogens is 452 g/mol. The van der Waals surface area contributed by atoms with E-state index in [0.29, 0.717) is 0 Å². The molecule has 3 amide bonds. The molecule has 10 nitrogen and oxygen atoms in total. The van der Waals surface area contributed by atoms with Crippen molar-refractivity contribution in [1.29, 1.82) is 0 Å². The van der Waals surface area contributed by atoms with Crippen LogP contribution in [0.1, 0.15) is 17.0 Å². The van der Waals surface area contributed by atoms with Gasteiger partial charge in [0.15, 0.2) is 0 Å². The summed E-state index contributed by atoms with van der Waals surface area (Å²) in [4.78, 5) is 50.7. The van der Waals surface area contributed by atoms with Gasteiger partial charge in [-0.3, -0.25) is 14.4 Å². The van der Waals surface area contributed by atoms with E-state index < -0.39 is 41.9 Å². The lowest BCUT2D eigenvalue weighted by atomic mass is 9.98. The Morgan fingerprint density at radius 1 is 1.09 bits per heavy atom. The maximum Gasteiger partial charge on any atom is 0.407 e. The monoisotopic (exact) mass is 480 g/mol. The van der Waals surface area contributed by atoms with Gasteiger partial charge in [0.1, 0.15) is 24.6 Å². The predicted molar refractivity (Wildman–Crippen MR) is 127 cm³/mol. The molecule has 4 N–H and O–H groups in total. The van der Waals surface area contributed by atoms with Crippen molar-refractivity contribution in [2.75, 3.05) is 33.8 Å². The number of hydrogen-bond acceptors (Lipinski definition) is 6. The van der Waals surface area contributed by atoms with Gasteiger partial charge in [-0.2, -0.15) is 0 Å². The minimum absolute atomic E-state index is 0.0722. The summed E-state index contributed by atoms with van der Waals surface area (Å²) in [5.41, 5.74) is 4.33. The highest BCUT2D eigenvalue weighted by Gasteiger charge is 2.41. The summed E-state index contributed by atoms with van der Waals surface area (Å²) in [5.74, 6) is -3.65. The molecule has 0 aromatic heterocycles. The molecule has 1 fully saturated rings. The van der Waals surface area contributed by atoms with E-state index in [4.69, 9.17) is 4.74 Å². The van der Waals surface area contributed by atoms with Crippen LogP contribution in [0.5, 0.6) is 0 Å². The number of nitrogens with zero attached hydrogens (tertiary/aromatic N) is 1. The summed E-state index contributed by atoms with van der Waals surface area (Å²) in [6.45, 7) is 0.141. The number of ether oxygens (including phenoxy) is 1. The van der Waals surface area contributed by atoms with Gasteiger partial charge in [-0.15, -0.1) is 0 Å². The van der Waals surface area contributed by atoms with Crippen LogP contribution in [0.15, 0.2) is 48.5 Å². The van der Waals surface area contributed by atoms with Gasteiger partial charge in [0.25, 0.3) is 0 Å². The van der Waals surface area contributed by atoms with Crippen LogP contribution in [-0.4, -0.2) is 79.8 Å². The number of nitrogens with one attached hydrogen (secondary N) is 3. The number of carbonyl (C=O) groups is 4. The van der Waals surface area contributed by atoms with Crippen molar-refractivity contribution in [2.45, 2.75) is 18.0 Å². The Labute approximate surface area is 202 Å². The molecule has 10 heteroatoms. The molecule has 2 aromatic rings. The van der Waals surface area contributed by atoms with E-state index in [1.807, 2.05) is 48.5 Å². The fraction of sp³-hybridized carbons (Fsp3) is 0.360. The lowest BCUT2D eigenvalue weighted by Crippen LogP contribution is -2.56. The van der Waals surface area contributed by atoms with E-state index in [2.05, 4.69) is 16.0 Å². The Morgan fingerprint density at radius 3 is 2.26 bits per heavy atom. The zero-order chi connectivity index (χ0) is 25.1. The van der Waals surface area contributed by atoms with Gasteiger partial charge in [-0.05, 0) is 36.3 Å². The highest BCUT2D eigenvalue weighted by Crippen LogP contribution is 2.44. The number of rotatable bonds is 8. The van der Waals surface area contributed by atoms with E-state index >= 15 is 0 Å². The number of carboxylic acids is 1. The minimum atomic E-state index is -1.21. The number of carboxylic acid groups (broad SMARTS) is 1. The van der Waals surface area contributed by atoms with Crippen molar-refractivity contribution < 1.29 is 29.0 Å². The largest absolute Gasteiger partial charge is 0.481 e. The summed E-state index contributed by atoms with van der Waals surface area (Å²) in [6, 6.07) is 13.6. The fourth-order valence-electron chi connectivity index (χ4n) is 4.61. The summed E-state index contributed by atoms with van der Waals surface area (Å²) in [6.07, 6.45) is -0.778. The van der Waals surface area contributed by atoms with Crippen LogP contribution in [0, 0.1) is 5.92 Å². The lowest BCUT2D eigenvalue weighted by Gasteiger charge is -2.24. The third-order valence-corrected chi connectivity index (χ3v) is 6.30. The molecule has 1 saturated heterocycles. The summed E-state index contributed by atoms with van der Waals surface area (Å²) >= 11 is 0. The lowest BCUT2D eigenvalue weighted by molar-refractivity contribution is -0.143. The Hall–Kier alpha value is -3.92. The second kappa shape index (κ2) is 10.1. The second-order valence-electron chi connectivity index (χ2n) is 8.96. The van der Waals surface area contributed by atoms with E-state index in [-0.39, 0.29) is 25.6 Å². The van der Waals surface area contributed by atoms with Gasteiger partial charge in [-0.25, -0.2) is 4.79 Å². The molecule has 1 aliphatic heterocycles. The Morgan fingerprint density at radius 2 is 1.69 bits per heavy atom. The first kappa shape index (κ1) is 24.2. The van der Waals surface area contributed by atoms with Crippen LogP contribution >= 0.6 is 0 Å². The molecule has 3 atom stereocenters. The average molecular weight is 481 g/mol. The molecule has 3 unspecified atom stereocenters. The molecule has 0 spiro atoms. The van der Waals surface area contributed by atoms with E-state index in [1.54, 1.807) is 19.0 Å². The number of amides is 3. The number of aliphatic carboxylic acids is 1. The molecule has 0 bridgehead atoms. The first-order valence-electron chi connectivity index (χ1n) is 11.3. The molecule has 184 valence electrons. The van der Waals surface area contributed by atoms with Crippen LogP contribution < -0.4 is 16.0 Å². The molecule has 0 radical (unpaired) electrons. The summed E-state index contributed by atoms with van der Waals surface area (Å²) in [5, 5.41) is 16.8. The average Bonchev–Trinajstić information content (AvgIpc) is 3.35. The number of alkyl carbamates (subject to hydrolysis) is 1. The first-order chi connectivity index (χ1) is 16.8. The third kappa shape index (κ3) is 5.12. The van der Waals surface area contributed by atoms with Gasteiger partial charge in [0, 0.05) is 19.0 Å². The molecule has 1 heterocycles. The van der Waals surface area contributed by atoms with Crippen molar-refractivity contribution in [3.05, 3.63) is 59.7 Å². The van der Waals surface area contributed by atoms with Crippen molar-refractivity contribution in [3.63, 3.8) is 0 Å². The molecular formula is C25H28N4O6. The molecule has 1 aliphatic carbocycles. The predicted octanol–water partition coefficient (Wildman–Crippen LogP) is 0.771. The summed E-state index contributed by atoms with van der Waals surface area (Å²) < 4.78 is 5.53. The maximum atomic E-state index is 12.9. The van der Waals surface area contributed by atoms with Crippen LogP contribution in [0.2, 0.25) is 0 Å². The Bertz CT molecular complexity index is 1100. The van der Waals surface area contributed by atoms with Crippen LogP contribution in [0.25, 0.3) is 11.1 Å². The van der Waals surface area contributed by atoms with Gasteiger partial charge in [0.05, 0.1) is 0 Å². The molecule has 2 aromatic carbocycles. The number of carbonyl (C=O) groups excluding carboxylic acids is 3. The fourth-order valence-corrected chi connectivity index (χ4v) is 4.61. The van der Waals surface area contributed by atoms with E-state index in [0.717, 1.165) is 22.3 Å². The number of benzene rings is 2. The van der Waals surface area contributed by atoms with Crippen molar-refractivity contribution in [3.8, 4) is 11.1 Å². The Kier molecular flexibility index (Phi) is 7.02. The Balaban J connectivity index is 1.42. The van der Waals surface area contributed by atoms with Crippen LogP contribution in [-0.2, 0) is 19.1 Å². The highest BCUT2D eigenvalue weighted by molar-refractivity contribution is 5.96. The highest BCUT2D eigenvalue weighted by atomic mass is 16.5.